The van der Waals surface area contributed by atoms with Crippen molar-refractivity contribution in [3.63, 3.8) is 0 Å². The quantitative estimate of drug-likeness (QED) is 0.332. The molecule has 176 valence electrons. The zero-order chi connectivity index (χ0) is 23.8. The molecule has 0 spiro atoms. The van der Waals surface area contributed by atoms with Crippen LogP contribution in [0, 0.1) is 6.92 Å². The highest BCUT2D eigenvalue weighted by Crippen LogP contribution is 2.29. The van der Waals surface area contributed by atoms with Crippen LogP contribution < -0.4 is 9.62 Å². The van der Waals surface area contributed by atoms with Crippen LogP contribution in [0.5, 0.6) is 0 Å². The largest absolute Gasteiger partial charge is 0.468 e. The number of benzene rings is 2. The minimum Gasteiger partial charge on any atom is -0.468 e. The topological polar surface area (TPSA) is 79.6 Å². The lowest BCUT2D eigenvalue weighted by Gasteiger charge is -2.24. The summed E-state index contributed by atoms with van der Waals surface area (Å²) in [5.41, 5.74) is 1.14. The molecule has 3 aromatic rings. The summed E-state index contributed by atoms with van der Waals surface area (Å²) in [6.07, 6.45) is 2.38. The van der Waals surface area contributed by atoms with Crippen LogP contribution >= 0.6 is 35.0 Å². The van der Waals surface area contributed by atoms with E-state index < -0.39 is 22.5 Å². The molecule has 0 aliphatic rings. The van der Waals surface area contributed by atoms with Crippen molar-refractivity contribution in [2.24, 2.45) is 0 Å². The number of nitrogens with zero attached hydrogens (tertiary/aromatic N) is 1. The number of hydrogen-bond donors (Lipinski definition) is 1. The fourth-order valence-electron chi connectivity index (χ4n) is 2.99. The van der Waals surface area contributed by atoms with Crippen LogP contribution in [0.4, 0.5) is 5.69 Å². The molecule has 0 saturated heterocycles. The fraction of sp³-hybridized carbons (Fsp3) is 0.261. The van der Waals surface area contributed by atoms with E-state index in [4.69, 9.17) is 27.6 Å². The zero-order valence-electron chi connectivity index (χ0n) is 18.0. The van der Waals surface area contributed by atoms with Gasteiger partial charge in [-0.1, -0.05) is 40.9 Å². The molecule has 2 aromatic carbocycles. The molecular formula is C23H24Cl2N2O4S2. The average molecular weight is 527 g/mol. The lowest BCUT2D eigenvalue weighted by atomic mass is 10.2. The van der Waals surface area contributed by atoms with Gasteiger partial charge in [0.05, 0.1) is 22.6 Å². The first-order chi connectivity index (χ1) is 15.8. The van der Waals surface area contributed by atoms with Crippen molar-refractivity contribution in [3.05, 3.63) is 82.2 Å². The van der Waals surface area contributed by atoms with Crippen molar-refractivity contribution in [2.75, 3.05) is 23.1 Å². The molecule has 10 heteroatoms. The van der Waals surface area contributed by atoms with Crippen molar-refractivity contribution in [1.29, 1.82) is 0 Å². The number of nitrogens with one attached hydrogen (secondary N) is 1. The minimum absolute atomic E-state index is 0.0753. The summed E-state index contributed by atoms with van der Waals surface area (Å²) in [5, 5.41) is 3.34. The van der Waals surface area contributed by atoms with Gasteiger partial charge in [0.1, 0.15) is 12.3 Å². The maximum Gasteiger partial charge on any atom is 0.264 e. The molecule has 0 atom stereocenters. The normalized spacial score (nSPS) is 11.4. The van der Waals surface area contributed by atoms with E-state index in [2.05, 4.69) is 5.32 Å². The summed E-state index contributed by atoms with van der Waals surface area (Å²) in [6.45, 7) is 1.90. The van der Waals surface area contributed by atoms with Gasteiger partial charge >= 0.3 is 0 Å². The van der Waals surface area contributed by atoms with Crippen LogP contribution in [-0.4, -0.2) is 33.2 Å². The second-order valence-corrected chi connectivity index (χ2v) is 11.1. The highest BCUT2D eigenvalue weighted by atomic mass is 35.5. The molecule has 1 heterocycles. The molecule has 0 saturated carbocycles. The summed E-state index contributed by atoms with van der Waals surface area (Å²) in [4.78, 5) is 12.7. The van der Waals surface area contributed by atoms with E-state index in [0.717, 1.165) is 33.6 Å². The Labute approximate surface area is 208 Å². The lowest BCUT2D eigenvalue weighted by molar-refractivity contribution is -0.119. The van der Waals surface area contributed by atoms with E-state index in [9.17, 15) is 13.2 Å². The summed E-state index contributed by atoms with van der Waals surface area (Å²) in [6, 6.07) is 14.6. The third-order valence-electron chi connectivity index (χ3n) is 4.64. The average Bonchev–Trinajstić information content (AvgIpc) is 3.27. The van der Waals surface area contributed by atoms with Crippen molar-refractivity contribution < 1.29 is 17.6 Å². The second kappa shape index (κ2) is 11.8. The van der Waals surface area contributed by atoms with E-state index in [1.54, 1.807) is 30.2 Å². The molecule has 0 fully saturated rings. The predicted molar refractivity (Wildman–Crippen MR) is 135 cm³/mol. The zero-order valence-corrected chi connectivity index (χ0v) is 21.1. The molecule has 0 bridgehead atoms. The Morgan fingerprint density at radius 3 is 2.42 bits per heavy atom. The van der Waals surface area contributed by atoms with E-state index >= 15 is 0 Å². The van der Waals surface area contributed by atoms with Crippen molar-refractivity contribution in [1.82, 2.24) is 5.32 Å². The van der Waals surface area contributed by atoms with Gasteiger partial charge in [-0.2, -0.15) is 11.8 Å². The van der Waals surface area contributed by atoms with Crippen LogP contribution in [0.15, 0.2) is 70.2 Å². The highest BCUT2D eigenvalue weighted by molar-refractivity contribution is 7.98. The van der Waals surface area contributed by atoms with Gasteiger partial charge in [-0.25, -0.2) is 8.42 Å². The molecule has 0 unspecified atom stereocenters. The Kier molecular flexibility index (Phi) is 9.14. The van der Waals surface area contributed by atoms with E-state index in [1.165, 1.54) is 30.3 Å². The predicted octanol–water partition coefficient (Wildman–Crippen LogP) is 5.53. The number of rotatable bonds is 11. The van der Waals surface area contributed by atoms with Gasteiger partial charge in [0.25, 0.3) is 10.0 Å². The Bertz CT molecular complexity index is 1150. The van der Waals surface area contributed by atoms with Crippen LogP contribution in [0.3, 0.4) is 0 Å². The number of hydrogen-bond acceptors (Lipinski definition) is 5. The van der Waals surface area contributed by atoms with Crippen LogP contribution in [-0.2, 0) is 20.6 Å². The second-order valence-electron chi connectivity index (χ2n) is 7.29. The molecule has 3 rings (SSSR count). The highest BCUT2D eigenvalue weighted by Gasteiger charge is 2.27. The number of carbonyl (C=O) groups excluding carboxylic acids is 1. The van der Waals surface area contributed by atoms with Crippen LogP contribution in [0.25, 0.3) is 0 Å². The number of aryl methyl sites for hydroxylation is 1. The molecule has 1 N–H and O–H groups in total. The molecule has 0 aliphatic heterocycles. The first-order valence-corrected chi connectivity index (χ1v) is 13.5. The Morgan fingerprint density at radius 2 is 1.79 bits per heavy atom. The van der Waals surface area contributed by atoms with E-state index in [1.807, 2.05) is 19.1 Å². The van der Waals surface area contributed by atoms with Gasteiger partial charge in [-0.15, -0.1) is 0 Å². The number of halogens is 2. The van der Waals surface area contributed by atoms with E-state index in [-0.39, 0.29) is 20.6 Å². The third-order valence-corrected chi connectivity index (χ3v) is 7.93. The summed E-state index contributed by atoms with van der Waals surface area (Å²) in [7, 11) is -4.02. The fourth-order valence-corrected chi connectivity index (χ4v) is 5.77. The van der Waals surface area contributed by atoms with Crippen molar-refractivity contribution >= 4 is 56.6 Å². The number of furan rings is 1. The first kappa shape index (κ1) is 25.5. The van der Waals surface area contributed by atoms with Gasteiger partial charge in [-0.3, -0.25) is 9.10 Å². The van der Waals surface area contributed by atoms with Gasteiger partial charge in [0.15, 0.2) is 0 Å². The monoisotopic (exact) mass is 526 g/mol. The van der Waals surface area contributed by atoms with Gasteiger partial charge < -0.3 is 9.73 Å². The molecule has 33 heavy (non-hydrogen) atoms. The summed E-state index contributed by atoms with van der Waals surface area (Å²) in [5.74, 6) is 2.08. The minimum atomic E-state index is -4.02. The molecule has 1 amide bonds. The van der Waals surface area contributed by atoms with E-state index in [0.29, 0.717) is 6.54 Å². The molecule has 1 aromatic heterocycles. The van der Waals surface area contributed by atoms with Gasteiger partial charge in [0, 0.05) is 16.6 Å². The van der Waals surface area contributed by atoms with Crippen LogP contribution in [0.2, 0.25) is 10.0 Å². The van der Waals surface area contributed by atoms with Crippen molar-refractivity contribution in [3.8, 4) is 0 Å². The Morgan fingerprint density at radius 1 is 1.09 bits per heavy atom. The van der Waals surface area contributed by atoms with Crippen molar-refractivity contribution in [2.45, 2.75) is 24.0 Å². The number of amides is 1. The smallest absolute Gasteiger partial charge is 0.264 e. The Balaban J connectivity index is 1.66. The molecule has 0 aliphatic carbocycles. The molecule has 0 radical (unpaired) electrons. The summed E-state index contributed by atoms with van der Waals surface area (Å²) < 4.78 is 33.1. The van der Waals surface area contributed by atoms with Gasteiger partial charge in [0.2, 0.25) is 5.91 Å². The van der Waals surface area contributed by atoms with Crippen LogP contribution in [0.1, 0.15) is 17.7 Å². The van der Waals surface area contributed by atoms with Gasteiger partial charge in [-0.05, 0) is 61.6 Å². The molecular weight excluding hydrogens is 503 g/mol. The lowest BCUT2D eigenvalue weighted by Crippen LogP contribution is -2.41. The number of thioether (sulfide) groups is 1. The number of anilines is 1. The molecule has 6 nitrogen and oxygen atoms in total. The number of carbonyl (C=O) groups is 1. The third kappa shape index (κ3) is 7.43. The maximum absolute atomic E-state index is 13.4. The number of sulfonamides is 1. The summed E-state index contributed by atoms with van der Waals surface area (Å²) >= 11 is 13.9. The first-order valence-electron chi connectivity index (χ1n) is 10.2. The SMILES string of the molecule is Cc1ccc(S(=O)(=O)N(CC(=O)NCCCSCc2ccco2)c2cc(Cl)cc(Cl)c2)cc1. The maximum atomic E-state index is 13.4. The Hall–Kier alpha value is -2.13. The standard InChI is InChI=1S/C23H24Cl2N2O4S2/c1-17-5-7-22(8-6-17)33(29,30)27(20-13-18(24)12-19(25)14-20)15-23(28)26-9-3-11-32-16-21-4-2-10-31-21/h2,4-8,10,12-14H,3,9,11,15-16H2,1H3,(H,26,28).